The van der Waals surface area contributed by atoms with E-state index < -0.39 is 0 Å². The zero-order chi connectivity index (χ0) is 13.1. The summed E-state index contributed by atoms with van der Waals surface area (Å²) in [5.41, 5.74) is 1.99. The highest BCUT2D eigenvalue weighted by Crippen LogP contribution is 2.20. The van der Waals surface area contributed by atoms with Gasteiger partial charge in [0.05, 0.1) is 0 Å². The summed E-state index contributed by atoms with van der Waals surface area (Å²) < 4.78 is 1.01. The highest BCUT2D eigenvalue weighted by atomic mass is 79.9. The van der Waals surface area contributed by atoms with E-state index in [0.29, 0.717) is 6.54 Å². The Kier molecular flexibility index (Phi) is 4.37. The second-order valence-corrected chi connectivity index (χ2v) is 5.51. The summed E-state index contributed by atoms with van der Waals surface area (Å²) in [4.78, 5) is 14.2. The molecule has 2 N–H and O–H groups in total. The molecule has 5 heteroatoms. The van der Waals surface area contributed by atoms with Crippen LogP contribution in [-0.2, 0) is 4.79 Å². The first-order chi connectivity index (χ1) is 8.58. The maximum absolute atomic E-state index is 12.2. The van der Waals surface area contributed by atoms with Gasteiger partial charge in [-0.1, -0.05) is 22.0 Å². The molecule has 0 aliphatic carbocycles. The van der Waals surface area contributed by atoms with E-state index in [4.69, 9.17) is 0 Å². The largest absolute Gasteiger partial charge is 0.325 e. The predicted octanol–water partition coefficient (Wildman–Crippen LogP) is 1.60. The molecule has 1 aromatic carbocycles. The van der Waals surface area contributed by atoms with E-state index in [9.17, 15) is 4.79 Å². The van der Waals surface area contributed by atoms with E-state index >= 15 is 0 Å². The zero-order valence-electron chi connectivity index (χ0n) is 10.7. The molecule has 1 atom stereocenters. The second-order valence-electron chi connectivity index (χ2n) is 4.65. The Morgan fingerprint density at radius 1 is 1.56 bits per heavy atom. The van der Waals surface area contributed by atoms with Crippen molar-refractivity contribution in [3.8, 4) is 0 Å². The molecular formula is C13H18BrN3O. The van der Waals surface area contributed by atoms with Gasteiger partial charge >= 0.3 is 0 Å². The molecule has 4 nitrogen and oxygen atoms in total. The van der Waals surface area contributed by atoms with Crippen LogP contribution in [0.1, 0.15) is 5.56 Å². The molecule has 0 spiro atoms. The average Bonchev–Trinajstić information content (AvgIpc) is 2.34. The van der Waals surface area contributed by atoms with E-state index in [2.05, 4.69) is 31.5 Å². The summed E-state index contributed by atoms with van der Waals surface area (Å²) in [5, 5.41) is 6.20. The van der Waals surface area contributed by atoms with Crippen molar-refractivity contribution in [3.63, 3.8) is 0 Å². The highest BCUT2D eigenvalue weighted by Gasteiger charge is 2.25. The lowest BCUT2D eigenvalue weighted by atomic mass is 10.1. The fourth-order valence-corrected chi connectivity index (χ4v) is 2.37. The normalized spacial score (nSPS) is 20.7. The molecule has 18 heavy (non-hydrogen) atoms. The number of benzene rings is 1. The quantitative estimate of drug-likeness (QED) is 0.872. The Morgan fingerprint density at radius 3 is 3.00 bits per heavy atom. The van der Waals surface area contributed by atoms with Crippen molar-refractivity contribution in [2.75, 3.05) is 32.0 Å². The molecule has 0 aromatic heterocycles. The van der Waals surface area contributed by atoms with Gasteiger partial charge in [0.15, 0.2) is 0 Å². The van der Waals surface area contributed by atoms with Crippen LogP contribution in [0.4, 0.5) is 5.69 Å². The first-order valence-electron chi connectivity index (χ1n) is 6.06. The van der Waals surface area contributed by atoms with Gasteiger partial charge in [-0.3, -0.25) is 9.69 Å². The Hall–Kier alpha value is -0.910. The summed E-state index contributed by atoms with van der Waals surface area (Å²) in [6, 6.07) is 5.75. The summed E-state index contributed by atoms with van der Waals surface area (Å²) in [6.07, 6.45) is 0. The van der Waals surface area contributed by atoms with E-state index in [1.807, 2.05) is 32.2 Å². The van der Waals surface area contributed by atoms with Gasteiger partial charge in [-0.25, -0.2) is 0 Å². The topological polar surface area (TPSA) is 44.4 Å². The van der Waals surface area contributed by atoms with Crippen LogP contribution < -0.4 is 10.6 Å². The lowest BCUT2D eigenvalue weighted by Gasteiger charge is -2.31. The van der Waals surface area contributed by atoms with Crippen molar-refractivity contribution in [3.05, 3.63) is 28.2 Å². The third-order valence-electron chi connectivity index (χ3n) is 3.25. The SMILES string of the molecule is Cc1ccc(NC(=O)C2CNCCN2C)cc1Br. The van der Waals surface area contributed by atoms with E-state index in [1.165, 1.54) is 0 Å². The molecule has 1 heterocycles. The van der Waals surface area contributed by atoms with Crippen LogP contribution in [0.2, 0.25) is 0 Å². The molecule has 1 aromatic rings. The van der Waals surface area contributed by atoms with Crippen molar-refractivity contribution in [1.82, 2.24) is 10.2 Å². The Balaban J connectivity index is 2.04. The van der Waals surface area contributed by atoms with E-state index in [-0.39, 0.29) is 11.9 Å². The molecule has 1 amide bonds. The Morgan fingerprint density at radius 2 is 2.33 bits per heavy atom. The lowest BCUT2D eigenvalue weighted by Crippen LogP contribution is -2.54. The molecule has 0 bridgehead atoms. The minimum absolute atomic E-state index is 0.0421. The molecule has 0 saturated carbocycles. The van der Waals surface area contributed by atoms with Crippen molar-refractivity contribution in [1.29, 1.82) is 0 Å². The van der Waals surface area contributed by atoms with Crippen LogP contribution in [0.5, 0.6) is 0 Å². The van der Waals surface area contributed by atoms with Crippen molar-refractivity contribution in [2.45, 2.75) is 13.0 Å². The summed E-state index contributed by atoms with van der Waals surface area (Å²) in [7, 11) is 1.98. The monoisotopic (exact) mass is 311 g/mol. The fourth-order valence-electron chi connectivity index (χ4n) is 1.99. The molecule has 1 saturated heterocycles. The minimum atomic E-state index is -0.0983. The van der Waals surface area contributed by atoms with Gasteiger partial charge in [0.1, 0.15) is 6.04 Å². The molecule has 98 valence electrons. The number of anilines is 1. The third kappa shape index (κ3) is 3.10. The standard InChI is InChI=1S/C13H18BrN3O/c1-9-3-4-10(7-11(9)14)16-13(18)12-8-15-5-6-17(12)2/h3-4,7,12,15H,5-6,8H2,1-2H3,(H,16,18). The summed E-state index contributed by atoms with van der Waals surface area (Å²) in [6.45, 7) is 4.57. The van der Waals surface area contributed by atoms with Gasteiger partial charge in [-0.15, -0.1) is 0 Å². The molecule has 1 aliphatic rings. The van der Waals surface area contributed by atoms with Crippen molar-refractivity contribution >= 4 is 27.5 Å². The molecule has 1 fully saturated rings. The fraction of sp³-hybridized carbons (Fsp3) is 0.462. The number of halogens is 1. The van der Waals surface area contributed by atoms with Crippen molar-refractivity contribution in [2.24, 2.45) is 0 Å². The first kappa shape index (κ1) is 13.5. The lowest BCUT2D eigenvalue weighted by molar-refractivity contribution is -0.121. The Labute approximate surface area is 116 Å². The number of piperazine rings is 1. The average molecular weight is 312 g/mol. The van der Waals surface area contributed by atoms with E-state index in [1.54, 1.807) is 0 Å². The molecule has 1 aliphatic heterocycles. The number of amides is 1. The first-order valence-corrected chi connectivity index (χ1v) is 6.85. The van der Waals surface area contributed by atoms with Crippen molar-refractivity contribution < 1.29 is 4.79 Å². The number of nitrogens with zero attached hydrogens (tertiary/aromatic N) is 1. The maximum Gasteiger partial charge on any atom is 0.243 e. The summed E-state index contributed by atoms with van der Waals surface area (Å²) >= 11 is 3.47. The van der Waals surface area contributed by atoms with Gasteiger partial charge < -0.3 is 10.6 Å². The van der Waals surface area contributed by atoms with Gasteiger partial charge in [-0.2, -0.15) is 0 Å². The van der Waals surface area contributed by atoms with Crippen LogP contribution in [-0.4, -0.2) is 43.5 Å². The second kappa shape index (κ2) is 5.82. The zero-order valence-corrected chi connectivity index (χ0v) is 12.3. The van der Waals surface area contributed by atoms with Gasteiger partial charge in [-0.05, 0) is 31.7 Å². The Bertz CT molecular complexity index is 450. The molecule has 1 unspecified atom stereocenters. The number of carbonyl (C=O) groups excluding carboxylic acids is 1. The maximum atomic E-state index is 12.2. The van der Waals surface area contributed by atoms with Crippen LogP contribution in [0.3, 0.4) is 0 Å². The van der Waals surface area contributed by atoms with Crippen LogP contribution in [0, 0.1) is 6.92 Å². The number of likely N-dealkylation sites (N-methyl/N-ethyl adjacent to an activating group) is 1. The summed E-state index contributed by atoms with van der Waals surface area (Å²) in [5.74, 6) is 0.0421. The number of hydrogen-bond donors (Lipinski definition) is 2. The number of rotatable bonds is 2. The van der Waals surface area contributed by atoms with E-state index in [0.717, 1.165) is 28.8 Å². The van der Waals surface area contributed by atoms with Gasteiger partial charge in [0.2, 0.25) is 5.91 Å². The third-order valence-corrected chi connectivity index (χ3v) is 4.11. The van der Waals surface area contributed by atoms with Crippen LogP contribution >= 0.6 is 15.9 Å². The van der Waals surface area contributed by atoms with Gasteiger partial charge in [0.25, 0.3) is 0 Å². The predicted molar refractivity (Wildman–Crippen MR) is 76.8 cm³/mol. The smallest absolute Gasteiger partial charge is 0.243 e. The molecule has 0 radical (unpaired) electrons. The molecule has 2 rings (SSSR count). The van der Waals surface area contributed by atoms with Crippen LogP contribution in [0.15, 0.2) is 22.7 Å². The minimum Gasteiger partial charge on any atom is -0.325 e. The van der Waals surface area contributed by atoms with Gasteiger partial charge in [0, 0.05) is 29.8 Å². The number of hydrogen-bond acceptors (Lipinski definition) is 3. The number of nitrogens with one attached hydrogen (secondary N) is 2. The number of aryl methyl sites for hydroxylation is 1. The van der Waals surface area contributed by atoms with Crippen LogP contribution in [0.25, 0.3) is 0 Å². The molecular weight excluding hydrogens is 294 g/mol. The number of carbonyl (C=O) groups is 1. The highest BCUT2D eigenvalue weighted by molar-refractivity contribution is 9.10.